The molecule has 0 aliphatic carbocycles. The molecule has 5 aromatic rings. The normalized spacial score (nSPS) is 17.6. The summed E-state index contributed by atoms with van der Waals surface area (Å²) in [6.07, 6.45) is 4.27. The maximum Gasteiger partial charge on any atom is 0.390 e. The zero-order chi connectivity index (χ0) is 76.8. The van der Waals surface area contributed by atoms with Gasteiger partial charge in [-0.25, -0.2) is 54.1 Å². The SMILES string of the molecule is CC(=O)CCl.CC1(Cc2c(N)nc(-c3ccccc3)[nH]c2=O)OCCO1.CC1=CC2C(=O)NC(c3ccccc3)=NC2N1.CC1=CC2C(Cl)=NC(c3ccccc3)=NC2N1.Cl.Cl.Cl.N=C(N)c1ccccc1.[C-]#[N+]C(CC(C)=O)C(=O)OCC.[C-]#[N+]C(CC1(C)OCCO1)C(=O)OCC.[C-]#[N+]CC(=O)OCC. The second kappa shape index (κ2) is 49.8. The van der Waals surface area contributed by atoms with Crippen molar-refractivity contribution in [3.63, 3.8) is 0 Å². The number of allylic oxidation sites excluding steroid dienone is 2. The van der Waals surface area contributed by atoms with E-state index in [1.807, 2.05) is 141 Å². The molecule has 2 saturated heterocycles. The van der Waals surface area contributed by atoms with Gasteiger partial charge < -0.3 is 80.1 Å². The Hall–Kier alpha value is -9.90. The van der Waals surface area contributed by atoms with Gasteiger partial charge in [0, 0.05) is 40.1 Å². The highest BCUT2D eigenvalue weighted by Crippen LogP contribution is 2.29. The third-order valence-corrected chi connectivity index (χ3v) is 15.3. The van der Waals surface area contributed by atoms with Gasteiger partial charge in [0.15, 0.2) is 17.4 Å². The summed E-state index contributed by atoms with van der Waals surface area (Å²) in [7, 11) is 0. The molecule has 6 unspecified atom stereocenters. The summed E-state index contributed by atoms with van der Waals surface area (Å²) < 4.78 is 35.5. The summed E-state index contributed by atoms with van der Waals surface area (Å²) in [5.41, 5.74) is 16.9. The van der Waals surface area contributed by atoms with Gasteiger partial charge in [-0.2, -0.15) is 0 Å². The van der Waals surface area contributed by atoms with E-state index in [-0.39, 0.29) is 141 Å². The molecule has 7 heterocycles. The van der Waals surface area contributed by atoms with Gasteiger partial charge in [0.1, 0.15) is 52.4 Å². The third kappa shape index (κ3) is 33.2. The lowest BCUT2D eigenvalue weighted by Gasteiger charge is -2.23. The van der Waals surface area contributed by atoms with Crippen molar-refractivity contribution in [1.29, 1.82) is 5.41 Å². The number of nitrogens with zero attached hydrogens (tertiary/aromatic N) is 7. The molecule has 576 valence electrons. The molecule has 0 spiro atoms. The van der Waals surface area contributed by atoms with E-state index in [1.165, 1.54) is 13.8 Å². The summed E-state index contributed by atoms with van der Waals surface area (Å²) in [6, 6.07) is 36.4. The number of amidine groups is 3. The number of benzene rings is 4. The van der Waals surface area contributed by atoms with Gasteiger partial charge in [-0.05, 0) is 68.4 Å². The number of anilines is 1. The van der Waals surface area contributed by atoms with Crippen molar-refractivity contribution >= 4 is 124 Å². The van der Waals surface area contributed by atoms with Crippen LogP contribution in [0.15, 0.2) is 165 Å². The van der Waals surface area contributed by atoms with Crippen molar-refractivity contribution < 1.29 is 61.9 Å². The maximum atomic E-state index is 12.3. The monoisotopic (exact) mass is 1570 g/mol. The lowest BCUT2D eigenvalue weighted by atomic mass is 10.0. The van der Waals surface area contributed by atoms with E-state index in [9.17, 15) is 33.6 Å². The molecule has 6 aliphatic heterocycles. The van der Waals surface area contributed by atoms with E-state index in [0.29, 0.717) is 61.3 Å². The molecule has 6 atom stereocenters. The Labute approximate surface area is 651 Å². The zero-order valence-corrected chi connectivity index (χ0v) is 64.6. The Balaban J connectivity index is 0.000000626. The van der Waals surface area contributed by atoms with Crippen molar-refractivity contribution in [3.05, 3.63) is 212 Å². The summed E-state index contributed by atoms with van der Waals surface area (Å²) in [5, 5.41) is 17.0. The number of nitrogen functional groups attached to an aromatic ring is 2. The van der Waals surface area contributed by atoms with Gasteiger partial charge in [-0.3, -0.25) is 24.6 Å². The van der Waals surface area contributed by atoms with Crippen molar-refractivity contribution in [1.82, 2.24) is 25.9 Å². The average molecular weight is 1580 g/mol. The fraction of sp³-hybridized carbons (Fsp3) is 0.392. The number of carbonyl (C=O) groups is 6. The number of hydrogen-bond donors (Lipinski definition) is 7. The van der Waals surface area contributed by atoms with Gasteiger partial charge >= 0.3 is 36.5 Å². The first kappa shape index (κ1) is 95.1. The minimum atomic E-state index is -0.956. The minimum absolute atomic E-state index is 0. The maximum absolute atomic E-state index is 12.3. The molecule has 11 rings (SSSR count). The molecule has 1 aromatic heterocycles. The number of aromatic nitrogens is 2. The first-order valence-electron chi connectivity index (χ1n) is 32.9. The number of H-pyrrole nitrogens is 1. The summed E-state index contributed by atoms with van der Waals surface area (Å²) in [5.74, 6) is -1.15. The van der Waals surface area contributed by atoms with Gasteiger partial charge in [0.2, 0.25) is 5.91 Å². The number of nitrogens with one attached hydrogen (secondary N) is 5. The van der Waals surface area contributed by atoms with Gasteiger partial charge in [-0.15, -0.1) is 48.8 Å². The van der Waals surface area contributed by atoms with Crippen LogP contribution in [-0.2, 0) is 68.3 Å². The molecule has 0 saturated carbocycles. The average Bonchev–Trinajstić information content (AvgIpc) is 1.73. The van der Waals surface area contributed by atoms with Crippen LogP contribution >= 0.6 is 60.4 Å². The van der Waals surface area contributed by atoms with Crippen molar-refractivity contribution in [2.24, 2.45) is 32.5 Å². The van der Waals surface area contributed by atoms with Crippen molar-refractivity contribution in [3.8, 4) is 11.4 Å². The molecule has 33 heteroatoms. The molecule has 28 nitrogen and oxygen atoms in total. The lowest BCUT2D eigenvalue weighted by Crippen LogP contribution is -2.47. The summed E-state index contributed by atoms with van der Waals surface area (Å²) >= 11 is 11.2. The van der Waals surface area contributed by atoms with E-state index in [2.05, 4.69) is 71.0 Å². The molecule has 0 radical (unpaired) electrons. The van der Waals surface area contributed by atoms with Crippen LogP contribution < -0.4 is 33.0 Å². The molecule has 107 heavy (non-hydrogen) atoms. The molecule has 0 bridgehead atoms. The Morgan fingerprint density at radius 1 is 0.664 bits per heavy atom. The Bertz CT molecular complexity index is 4040. The summed E-state index contributed by atoms with van der Waals surface area (Å²) in [4.78, 5) is 107. The van der Waals surface area contributed by atoms with Crippen LogP contribution in [0.2, 0.25) is 0 Å². The second-order valence-corrected chi connectivity index (χ2v) is 23.8. The van der Waals surface area contributed by atoms with Crippen molar-refractivity contribution in [2.75, 3.05) is 64.4 Å². The number of ether oxygens (including phenoxy) is 7. The molecule has 9 N–H and O–H groups in total. The fourth-order valence-corrected chi connectivity index (χ4v) is 9.97. The predicted molar refractivity (Wildman–Crippen MR) is 417 cm³/mol. The number of rotatable bonds is 17. The molecule has 6 aliphatic rings. The number of esters is 3. The fourth-order valence-electron chi connectivity index (χ4n) is 9.71. The number of halogens is 5. The third-order valence-electron chi connectivity index (χ3n) is 14.6. The topological polar surface area (TPSA) is 375 Å². The second-order valence-electron chi connectivity index (χ2n) is 23.1. The number of aliphatic imine (C=N–C) groups is 3. The zero-order valence-electron chi connectivity index (χ0n) is 60.6. The van der Waals surface area contributed by atoms with Crippen LogP contribution in [0.1, 0.15) is 97.4 Å². The highest BCUT2D eigenvalue weighted by molar-refractivity contribution is 6.67. The smallest absolute Gasteiger partial charge is 0.390 e. The number of nitrogens with two attached hydrogens (primary N) is 2. The van der Waals surface area contributed by atoms with Gasteiger partial charge in [-0.1, -0.05) is 139 Å². The van der Waals surface area contributed by atoms with Crippen LogP contribution in [0.3, 0.4) is 0 Å². The quantitative estimate of drug-likeness (QED) is 0.0114. The van der Waals surface area contributed by atoms with E-state index in [0.717, 1.165) is 33.6 Å². The molecular formula is C74H91Cl5N14O14. The molecule has 4 aromatic carbocycles. The molecular weight excluding hydrogens is 1490 g/mol. The van der Waals surface area contributed by atoms with Crippen LogP contribution in [0.25, 0.3) is 25.9 Å². The highest BCUT2D eigenvalue weighted by atomic mass is 35.5. The Morgan fingerprint density at radius 3 is 1.55 bits per heavy atom. The molecule has 2 fully saturated rings. The number of alkyl halides is 1. The standard InChI is InChI=1S/C15H17N3O3.C13H12ClN3.C13H13N3O.C10H15NO4.C8H11NO3.C7H8N2.C5H7NO2.C3H5ClO.3ClH/c1-15(20-7-8-21-15)9-11-12(16)17-13(18-14(11)19)10-5-3-2-4-6-10;1-8-7-10-11(14)16-12(17-13(10)15-8)9-5-3-2-4-6-9;1-8-7-10-12(14-8)15-11(16-13(10)17)9-5-3-2-4-6-9;1-4-13-9(12)8(11-3)7-10(2)14-5-6-15-10;1-4-12-8(11)7(9-3)5-6(2)10;8-7(9)6-4-2-1-3-5-6;1-3-8-5(7)4-6-2;1-3(5)2-4;;;/h2-6H,7-9H2,1H3,(H3,16,17,18,19);2-7,10,13,15H,1H3;2-7,10,12,14H,1H3,(H,15,16,17);8H,4-7H2,1-2H3;7H,4-5H2,1-2H3;1-5H,(H3,8,9);3-4H2,1H3;2H2,1H3;3*1H. The number of hydrogen-bond acceptors (Lipinski definition) is 22. The van der Waals surface area contributed by atoms with Crippen LogP contribution in [0, 0.1) is 37.0 Å². The molecule has 1 amide bonds. The number of carbonyl (C=O) groups excluding carboxylic acids is 6. The van der Waals surface area contributed by atoms with Crippen molar-refractivity contribution in [2.45, 2.75) is 118 Å². The number of aromatic amines is 1. The van der Waals surface area contributed by atoms with E-state index in [1.54, 1.807) is 34.6 Å². The van der Waals surface area contributed by atoms with E-state index in [4.69, 9.17) is 83.5 Å². The van der Waals surface area contributed by atoms with Gasteiger partial charge in [0.05, 0.1) is 82.4 Å². The number of amides is 1. The van der Waals surface area contributed by atoms with Crippen LogP contribution in [-0.4, -0.2) is 163 Å². The lowest BCUT2D eigenvalue weighted by molar-refractivity contribution is -0.162. The summed E-state index contributed by atoms with van der Waals surface area (Å²) in [6.45, 7) is 37.9. The van der Waals surface area contributed by atoms with E-state index >= 15 is 0 Å². The Kier molecular flexibility index (Phi) is 44.3. The highest BCUT2D eigenvalue weighted by Gasteiger charge is 2.41. The number of ketones is 2. The predicted octanol–water partition coefficient (Wildman–Crippen LogP) is 10.2. The number of Topliss-reactive ketones (excluding diaryl/α,β-unsaturated/α-hetero) is 2. The van der Waals surface area contributed by atoms with Crippen LogP contribution in [0.5, 0.6) is 0 Å². The van der Waals surface area contributed by atoms with Gasteiger partial charge in [0.25, 0.3) is 5.56 Å². The van der Waals surface area contributed by atoms with E-state index < -0.39 is 41.6 Å². The largest absolute Gasteiger partial charge is 0.460 e. The Morgan fingerprint density at radius 2 is 1.11 bits per heavy atom. The number of fused-ring (bicyclic) bond motifs is 2. The first-order chi connectivity index (χ1) is 49.7. The van der Waals surface area contributed by atoms with Crippen LogP contribution in [0.4, 0.5) is 5.82 Å². The minimum Gasteiger partial charge on any atom is -0.460 e. The first-order valence-corrected chi connectivity index (χ1v) is 33.8.